The van der Waals surface area contributed by atoms with E-state index >= 15 is 0 Å². The molecule has 3 aromatic carbocycles. The Kier molecular flexibility index (Phi) is 6.65. The van der Waals surface area contributed by atoms with Crippen LogP contribution >= 0.6 is 0 Å². The number of methoxy groups -OCH3 is 1. The van der Waals surface area contributed by atoms with Crippen molar-refractivity contribution in [1.29, 1.82) is 0 Å². The van der Waals surface area contributed by atoms with E-state index in [1.165, 1.54) is 12.3 Å². The predicted octanol–water partition coefficient (Wildman–Crippen LogP) is 3.81. The molecule has 8 nitrogen and oxygen atoms in total. The molecule has 0 atom stereocenters. The van der Waals surface area contributed by atoms with Crippen LogP contribution in [0.2, 0.25) is 0 Å². The fourth-order valence-electron chi connectivity index (χ4n) is 2.92. The number of benzene rings is 3. The van der Waals surface area contributed by atoms with E-state index in [-0.39, 0.29) is 12.7 Å². The van der Waals surface area contributed by atoms with Gasteiger partial charge in [-0.1, -0.05) is 12.1 Å². The van der Waals surface area contributed by atoms with Crippen LogP contribution in [0.5, 0.6) is 23.0 Å². The molecular weight excluding hydrogens is 424 g/mol. The molecule has 0 fully saturated rings. The van der Waals surface area contributed by atoms with Gasteiger partial charge in [-0.05, 0) is 71.8 Å². The zero-order valence-electron chi connectivity index (χ0n) is 17.7. The summed E-state index contributed by atoms with van der Waals surface area (Å²) in [5.41, 5.74) is 4.43. The van der Waals surface area contributed by atoms with E-state index in [1.807, 2.05) is 24.3 Å². The van der Waals surface area contributed by atoms with Crippen LogP contribution in [0.1, 0.15) is 21.5 Å². The van der Waals surface area contributed by atoms with Crippen molar-refractivity contribution in [3.05, 3.63) is 89.5 Å². The van der Waals surface area contributed by atoms with Gasteiger partial charge in [-0.15, -0.1) is 0 Å². The molecule has 0 bridgehead atoms. The smallest absolute Gasteiger partial charge is 0.336 e. The average Bonchev–Trinajstić information content (AvgIpc) is 3.32. The van der Waals surface area contributed by atoms with E-state index in [2.05, 4.69) is 10.5 Å². The van der Waals surface area contributed by atoms with Gasteiger partial charge in [0.15, 0.2) is 11.5 Å². The van der Waals surface area contributed by atoms with Gasteiger partial charge in [0, 0.05) is 11.6 Å². The van der Waals surface area contributed by atoms with Gasteiger partial charge in [0.2, 0.25) is 6.79 Å². The molecule has 1 aliphatic rings. The summed E-state index contributed by atoms with van der Waals surface area (Å²) in [4.78, 5) is 24.2. The summed E-state index contributed by atoms with van der Waals surface area (Å²) in [7, 11) is 1.59. The molecule has 1 N–H and O–H groups in total. The van der Waals surface area contributed by atoms with Gasteiger partial charge in [0.05, 0.1) is 13.3 Å². The van der Waals surface area contributed by atoms with Gasteiger partial charge < -0.3 is 18.9 Å². The van der Waals surface area contributed by atoms with Crippen molar-refractivity contribution >= 4 is 24.2 Å². The summed E-state index contributed by atoms with van der Waals surface area (Å²) < 4.78 is 20.9. The Labute approximate surface area is 190 Å². The highest BCUT2D eigenvalue weighted by molar-refractivity contribution is 5.95. The largest absolute Gasteiger partial charge is 0.497 e. The molecular formula is C25H20N2O6. The van der Waals surface area contributed by atoms with Crippen LogP contribution < -0.4 is 24.4 Å². The molecule has 0 aliphatic carbocycles. The summed E-state index contributed by atoms with van der Waals surface area (Å²) in [6, 6.07) is 18.9. The molecule has 166 valence electrons. The Morgan fingerprint density at radius 2 is 1.61 bits per heavy atom. The first-order chi connectivity index (χ1) is 16.1. The third-order valence-electron chi connectivity index (χ3n) is 4.64. The molecule has 33 heavy (non-hydrogen) atoms. The number of fused-ring (bicyclic) bond motifs is 1. The number of hydrazone groups is 1. The molecule has 0 spiro atoms. The van der Waals surface area contributed by atoms with Gasteiger partial charge >= 0.3 is 5.97 Å². The summed E-state index contributed by atoms with van der Waals surface area (Å²) in [6.45, 7) is 0.142. The van der Waals surface area contributed by atoms with Crippen molar-refractivity contribution in [3.63, 3.8) is 0 Å². The molecule has 3 aromatic rings. The molecule has 0 saturated carbocycles. The second kappa shape index (κ2) is 10.1. The number of carbonyl (C=O) groups excluding carboxylic acids is 2. The number of esters is 1. The lowest BCUT2D eigenvalue weighted by Gasteiger charge is -2.03. The molecule has 0 aromatic heterocycles. The standard InChI is InChI=1S/C25H20N2O6/c1-30-20-8-2-17(3-9-20)6-13-24(28)33-21-10-4-18(5-11-21)15-26-27-25(29)19-7-12-22-23(14-19)32-16-31-22/h2-15H,16H2,1H3,(H,27,29)/b13-6+,26-15?. The van der Waals surface area contributed by atoms with E-state index in [4.69, 9.17) is 18.9 Å². The van der Waals surface area contributed by atoms with E-state index in [9.17, 15) is 9.59 Å². The summed E-state index contributed by atoms with van der Waals surface area (Å²) in [6.07, 6.45) is 4.49. The van der Waals surface area contributed by atoms with Crippen molar-refractivity contribution in [2.75, 3.05) is 13.9 Å². The number of ether oxygens (including phenoxy) is 4. The number of nitrogens with zero attached hydrogens (tertiary/aromatic N) is 1. The van der Waals surface area contributed by atoms with Gasteiger partial charge in [-0.25, -0.2) is 10.2 Å². The Balaban J connectivity index is 1.27. The number of nitrogens with one attached hydrogen (secondary N) is 1. The minimum Gasteiger partial charge on any atom is -0.497 e. The lowest BCUT2D eigenvalue weighted by molar-refractivity contribution is -0.128. The second-order valence-electron chi connectivity index (χ2n) is 6.86. The number of amides is 1. The van der Waals surface area contributed by atoms with Crippen molar-refractivity contribution < 1.29 is 28.5 Å². The Morgan fingerprint density at radius 1 is 0.909 bits per heavy atom. The van der Waals surface area contributed by atoms with Crippen LogP contribution in [0.4, 0.5) is 0 Å². The summed E-state index contributed by atoms with van der Waals surface area (Å²) in [5, 5.41) is 3.95. The van der Waals surface area contributed by atoms with Gasteiger partial charge in [0.25, 0.3) is 5.91 Å². The van der Waals surface area contributed by atoms with E-state index < -0.39 is 5.97 Å². The monoisotopic (exact) mass is 444 g/mol. The van der Waals surface area contributed by atoms with Gasteiger partial charge in [0.1, 0.15) is 11.5 Å². The predicted molar refractivity (Wildman–Crippen MR) is 122 cm³/mol. The van der Waals surface area contributed by atoms with Gasteiger partial charge in [-0.2, -0.15) is 5.10 Å². The van der Waals surface area contributed by atoms with E-state index in [0.29, 0.717) is 22.8 Å². The Hall–Kier alpha value is -4.59. The van der Waals surface area contributed by atoms with Crippen LogP contribution in [0, 0.1) is 0 Å². The molecule has 1 amide bonds. The van der Waals surface area contributed by atoms with E-state index in [0.717, 1.165) is 16.9 Å². The topological polar surface area (TPSA) is 95.5 Å². The third kappa shape index (κ3) is 5.76. The highest BCUT2D eigenvalue weighted by Gasteiger charge is 2.15. The van der Waals surface area contributed by atoms with Gasteiger partial charge in [-0.3, -0.25) is 4.79 Å². The first kappa shape index (κ1) is 21.6. The number of hydrogen-bond acceptors (Lipinski definition) is 7. The van der Waals surface area contributed by atoms with Crippen LogP contribution in [-0.4, -0.2) is 32.0 Å². The summed E-state index contributed by atoms with van der Waals surface area (Å²) in [5.74, 6) is 1.39. The first-order valence-corrected chi connectivity index (χ1v) is 9.98. The second-order valence-corrected chi connectivity index (χ2v) is 6.86. The Morgan fingerprint density at radius 3 is 2.36 bits per heavy atom. The van der Waals surface area contributed by atoms with Crippen LogP contribution in [0.3, 0.4) is 0 Å². The SMILES string of the molecule is COc1ccc(/C=C/C(=O)Oc2ccc(C=NNC(=O)c3ccc4c(c3)OCO4)cc2)cc1. The number of rotatable bonds is 7. The quantitative estimate of drug-likeness (QED) is 0.196. The van der Waals surface area contributed by atoms with Crippen molar-refractivity contribution in [2.24, 2.45) is 5.10 Å². The number of hydrogen-bond donors (Lipinski definition) is 1. The number of carbonyl (C=O) groups is 2. The van der Waals surface area contributed by atoms with Crippen LogP contribution in [0.15, 0.2) is 77.9 Å². The molecule has 1 heterocycles. The molecule has 0 saturated heterocycles. The van der Waals surface area contributed by atoms with Crippen LogP contribution in [-0.2, 0) is 4.79 Å². The fraction of sp³-hybridized carbons (Fsp3) is 0.0800. The maximum Gasteiger partial charge on any atom is 0.336 e. The maximum absolute atomic E-state index is 12.2. The fourth-order valence-corrected chi connectivity index (χ4v) is 2.92. The summed E-state index contributed by atoms with van der Waals surface area (Å²) >= 11 is 0. The van der Waals surface area contributed by atoms with Crippen molar-refractivity contribution in [2.45, 2.75) is 0 Å². The third-order valence-corrected chi connectivity index (χ3v) is 4.64. The molecule has 0 radical (unpaired) electrons. The molecule has 4 rings (SSSR count). The lowest BCUT2D eigenvalue weighted by Crippen LogP contribution is -2.17. The van der Waals surface area contributed by atoms with Crippen molar-refractivity contribution in [3.8, 4) is 23.0 Å². The average molecular weight is 444 g/mol. The highest BCUT2D eigenvalue weighted by atomic mass is 16.7. The minimum atomic E-state index is -0.497. The zero-order chi connectivity index (χ0) is 23.0. The maximum atomic E-state index is 12.2. The first-order valence-electron chi connectivity index (χ1n) is 9.98. The van der Waals surface area contributed by atoms with Crippen molar-refractivity contribution in [1.82, 2.24) is 5.43 Å². The lowest BCUT2D eigenvalue weighted by atomic mass is 10.2. The molecule has 8 heteroatoms. The van der Waals surface area contributed by atoms with Crippen LogP contribution in [0.25, 0.3) is 6.08 Å². The highest BCUT2D eigenvalue weighted by Crippen LogP contribution is 2.32. The minimum absolute atomic E-state index is 0.142. The normalized spacial score (nSPS) is 12.2. The zero-order valence-corrected chi connectivity index (χ0v) is 17.7. The Bertz CT molecular complexity index is 1200. The molecule has 1 aliphatic heterocycles. The van der Waals surface area contributed by atoms with E-state index in [1.54, 1.807) is 55.7 Å². The molecule has 0 unspecified atom stereocenters.